The van der Waals surface area contributed by atoms with Crippen LogP contribution in [0.3, 0.4) is 0 Å². The van der Waals surface area contributed by atoms with Gasteiger partial charge in [-0.1, -0.05) is 35.4 Å². The van der Waals surface area contributed by atoms with Gasteiger partial charge >= 0.3 is 0 Å². The molecule has 3 amide bonds. The third kappa shape index (κ3) is 5.43. The third-order valence-corrected chi connectivity index (χ3v) is 4.34. The summed E-state index contributed by atoms with van der Waals surface area (Å²) in [5.41, 5.74) is 7.36. The molecule has 0 spiro atoms. The highest BCUT2D eigenvalue weighted by Crippen LogP contribution is 2.13. The number of hydrogen-bond donors (Lipinski definition) is 3. The fourth-order valence-corrected chi connectivity index (χ4v) is 2.63. The molecule has 3 aromatic carbocycles. The van der Waals surface area contributed by atoms with Crippen LogP contribution in [-0.2, 0) is 0 Å². The van der Waals surface area contributed by atoms with Crippen LogP contribution in [0.2, 0.25) is 5.02 Å². The topological polar surface area (TPSA) is 87.3 Å². The number of anilines is 1. The summed E-state index contributed by atoms with van der Waals surface area (Å²) in [6, 6.07) is 19.8. The molecule has 0 saturated carbocycles. The van der Waals surface area contributed by atoms with Crippen LogP contribution in [0.15, 0.2) is 72.8 Å². The number of hydrazine groups is 1. The van der Waals surface area contributed by atoms with Crippen molar-refractivity contribution < 1.29 is 14.4 Å². The average Bonchev–Trinajstić information content (AvgIpc) is 2.73. The average molecular weight is 408 g/mol. The summed E-state index contributed by atoms with van der Waals surface area (Å²) in [5, 5.41) is 3.26. The zero-order valence-electron chi connectivity index (χ0n) is 15.5. The van der Waals surface area contributed by atoms with Gasteiger partial charge in [0.05, 0.1) is 0 Å². The van der Waals surface area contributed by atoms with Gasteiger partial charge in [-0.3, -0.25) is 25.2 Å². The maximum atomic E-state index is 12.3. The number of carbonyl (C=O) groups is 3. The largest absolute Gasteiger partial charge is 0.322 e. The van der Waals surface area contributed by atoms with E-state index < -0.39 is 11.8 Å². The minimum absolute atomic E-state index is 0.279. The highest BCUT2D eigenvalue weighted by atomic mass is 35.5. The van der Waals surface area contributed by atoms with Crippen molar-refractivity contribution in [2.24, 2.45) is 0 Å². The maximum absolute atomic E-state index is 12.3. The van der Waals surface area contributed by atoms with Crippen molar-refractivity contribution in [3.05, 3.63) is 100 Å². The van der Waals surface area contributed by atoms with Crippen molar-refractivity contribution in [2.45, 2.75) is 6.92 Å². The van der Waals surface area contributed by atoms with Gasteiger partial charge in [0.15, 0.2) is 0 Å². The van der Waals surface area contributed by atoms with E-state index in [1.54, 1.807) is 54.6 Å². The number of benzene rings is 3. The summed E-state index contributed by atoms with van der Waals surface area (Å²) in [6.07, 6.45) is 0. The van der Waals surface area contributed by atoms with Crippen LogP contribution in [0.5, 0.6) is 0 Å². The molecule has 0 aliphatic rings. The van der Waals surface area contributed by atoms with Gasteiger partial charge in [-0.15, -0.1) is 0 Å². The number of aryl methyl sites for hydroxylation is 1. The predicted octanol–water partition coefficient (Wildman–Crippen LogP) is 3.98. The van der Waals surface area contributed by atoms with Crippen LogP contribution in [0.25, 0.3) is 0 Å². The SMILES string of the molecule is Cc1ccc(C(=O)Nc2cccc(C(=O)NNC(=O)c3ccc(Cl)cc3)c2)cc1. The second kappa shape index (κ2) is 9.03. The Morgan fingerprint density at radius 1 is 0.690 bits per heavy atom. The fourth-order valence-electron chi connectivity index (χ4n) is 2.51. The molecule has 0 saturated heterocycles. The van der Waals surface area contributed by atoms with E-state index in [0.29, 0.717) is 21.8 Å². The lowest BCUT2D eigenvalue weighted by atomic mass is 10.1. The number of nitrogens with one attached hydrogen (secondary N) is 3. The van der Waals surface area contributed by atoms with Crippen LogP contribution in [0.4, 0.5) is 5.69 Å². The van der Waals surface area contributed by atoms with Gasteiger partial charge in [0.25, 0.3) is 17.7 Å². The molecule has 0 aliphatic carbocycles. The number of halogens is 1. The first-order valence-electron chi connectivity index (χ1n) is 8.77. The Morgan fingerprint density at radius 2 is 1.24 bits per heavy atom. The van der Waals surface area contributed by atoms with E-state index in [-0.39, 0.29) is 11.5 Å². The predicted molar refractivity (Wildman–Crippen MR) is 112 cm³/mol. The third-order valence-electron chi connectivity index (χ3n) is 4.09. The Kier molecular flexibility index (Phi) is 6.26. The summed E-state index contributed by atoms with van der Waals surface area (Å²) >= 11 is 5.79. The van der Waals surface area contributed by atoms with E-state index >= 15 is 0 Å². The Morgan fingerprint density at radius 3 is 1.90 bits per heavy atom. The smallest absolute Gasteiger partial charge is 0.269 e. The van der Waals surface area contributed by atoms with E-state index in [1.807, 2.05) is 19.1 Å². The monoisotopic (exact) mass is 407 g/mol. The second-order valence-corrected chi connectivity index (χ2v) is 6.75. The van der Waals surface area contributed by atoms with E-state index in [9.17, 15) is 14.4 Å². The first-order chi connectivity index (χ1) is 13.9. The molecule has 0 unspecified atom stereocenters. The maximum Gasteiger partial charge on any atom is 0.269 e. The van der Waals surface area contributed by atoms with E-state index in [4.69, 9.17) is 11.6 Å². The number of carbonyl (C=O) groups excluding carboxylic acids is 3. The van der Waals surface area contributed by atoms with Crippen LogP contribution in [0, 0.1) is 6.92 Å². The molecular formula is C22H18ClN3O3. The van der Waals surface area contributed by atoms with E-state index in [0.717, 1.165) is 5.56 Å². The van der Waals surface area contributed by atoms with E-state index in [1.165, 1.54) is 6.07 Å². The van der Waals surface area contributed by atoms with Gasteiger partial charge in [-0.25, -0.2) is 0 Å². The molecule has 0 heterocycles. The molecule has 7 heteroatoms. The van der Waals surface area contributed by atoms with Gasteiger partial charge in [0.2, 0.25) is 0 Å². The number of amides is 3. The molecule has 0 atom stereocenters. The lowest BCUT2D eigenvalue weighted by Gasteiger charge is -2.10. The van der Waals surface area contributed by atoms with Crippen LogP contribution < -0.4 is 16.2 Å². The molecule has 3 N–H and O–H groups in total. The Labute approximate surface area is 172 Å². The molecule has 0 aliphatic heterocycles. The van der Waals surface area contributed by atoms with Crippen LogP contribution in [-0.4, -0.2) is 17.7 Å². The molecule has 29 heavy (non-hydrogen) atoms. The molecular weight excluding hydrogens is 390 g/mol. The minimum atomic E-state index is -0.515. The highest BCUT2D eigenvalue weighted by Gasteiger charge is 2.11. The number of hydrogen-bond acceptors (Lipinski definition) is 3. The van der Waals surface area contributed by atoms with Crippen molar-refractivity contribution in [3.63, 3.8) is 0 Å². The molecule has 0 aromatic heterocycles. The summed E-state index contributed by atoms with van der Waals surface area (Å²) in [7, 11) is 0. The second-order valence-electron chi connectivity index (χ2n) is 6.32. The summed E-state index contributed by atoms with van der Waals surface area (Å²) in [6.45, 7) is 1.94. The summed E-state index contributed by atoms with van der Waals surface area (Å²) in [5.74, 6) is -1.27. The van der Waals surface area contributed by atoms with Gasteiger partial charge in [-0.05, 0) is 61.5 Å². The molecule has 0 fully saturated rings. The molecule has 6 nitrogen and oxygen atoms in total. The molecule has 3 aromatic rings. The van der Waals surface area contributed by atoms with Gasteiger partial charge in [0, 0.05) is 27.4 Å². The van der Waals surface area contributed by atoms with Gasteiger partial charge in [-0.2, -0.15) is 0 Å². The zero-order valence-corrected chi connectivity index (χ0v) is 16.3. The fraction of sp³-hybridized carbons (Fsp3) is 0.0455. The molecule has 0 bridgehead atoms. The van der Waals surface area contributed by atoms with Crippen molar-refractivity contribution in [3.8, 4) is 0 Å². The van der Waals surface area contributed by atoms with Gasteiger partial charge in [0.1, 0.15) is 0 Å². The quantitative estimate of drug-likeness (QED) is 0.572. The normalized spacial score (nSPS) is 10.1. The first-order valence-corrected chi connectivity index (χ1v) is 9.14. The lowest BCUT2D eigenvalue weighted by Crippen LogP contribution is -2.41. The van der Waals surface area contributed by atoms with Crippen LogP contribution >= 0.6 is 11.6 Å². The number of rotatable bonds is 4. The van der Waals surface area contributed by atoms with Crippen molar-refractivity contribution >= 4 is 35.0 Å². The summed E-state index contributed by atoms with van der Waals surface area (Å²) in [4.78, 5) is 36.7. The Balaban J connectivity index is 1.61. The van der Waals surface area contributed by atoms with Crippen LogP contribution in [0.1, 0.15) is 36.6 Å². The van der Waals surface area contributed by atoms with Gasteiger partial charge < -0.3 is 5.32 Å². The van der Waals surface area contributed by atoms with Crippen molar-refractivity contribution in [1.29, 1.82) is 0 Å². The molecule has 3 rings (SSSR count). The molecule has 0 radical (unpaired) electrons. The zero-order chi connectivity index (χ0) is 20.8. The molecule has 146 valence electrons. The first kappa shape index (κ1) is 20.1. The summed E-state index contributed by atoms with van der Waals surface area (Å²) < 4.78 is 0. The van der Waals surface area contributed by atoms with E-state index in [2.05, 4.69) is 16.2 Å². The lowest BCUT2D eigenvalue weighted by molar-refractivity contribution is 0.0846. The Bertz CT molecular complexity index is 1050. The van der Waals surface area contributed by atoms with Crippen molar-refractivity contribution in [2.75, 3.05) is 5.32 Å². The van der Waals surface area contributed by atoms with Crippen molar-refractivity contribution in [1.82, 2.24) is 10.9 Å². The Hall–Kier alpha value is -3.64. The standard InChI is InChI=1S/C22H18ClN3O3/c1-14-5-7-15(8-6-14)20(27)24-19-4-2-3-17(13-19)22(29)26-25-21(28)16-9-11-18(23)12-10-16/h2-13H,1H3,(H,24,27)(H,25,28)(H,26,29). The highest BCUT2D eigenvalue weighted by molar-refractivity contribution is 6.30. The minimum Gasteiger partial charge on any atom is -0.322 e.